The van der Waals surface area contributed by atoms with Crippen LogP contribution in [0, 0.1) is 5.82 Å². The molecule has 96 valence electrons. The average molecular weight is 260 g/mol. The van der Waals surface area contributed by atoms with E-state index in [0.717, 1.165) is 18.7 Å². The maximum absolute atomic E-state index is 12.7. The fourth-order valence-corrected chi connectivity index (χ4v) is 2.48. The molecule has 2 N–H and O–H groups in total. The third kappa shape index (κ3) is 4.41. The summed E-state index contributed by atoms with van der Waals surface area (Å²) in [7, 11) is -3.55. The molecule has 0 bridgehead atoms. The number of halogens is 1. The zero-order valence-corrected chi connectivity index (χ0v) is 10.7. The number of likely N-dealkylation sites (N-methyl/N-ethyl adjacent to an activating group) is 1. The maximum Gasteiger partial charge on any atom is 0.240 e. The maximum atomic E-state index is 12.7. The molecule has 0 aromatic heterocycles. The molecule has 0 amide bonds. The molecule has 17 heavy (non-hydrogen) atoms. The van der Waals surface area contributed by atoms with Gasteiger partial charge >= 0.3 is 0 Å². The van der Waals surface area contributed by atoms with E-state index in [0.29, 0.717) is 6.54 Å². The van der Waals surface area contributed by atoms with Gasteiger partial charge in [0, 0.05) is 12.6 Å². The van der Waals surface area contributed by atoms with Gasteiger partial charge in [-0.2, -0.15) is 0 Å². The molecule has 0 unspecified atom stereocenters. The van der Waals surface area contributed by atoms with Crippen LogP contribution < -0.4 is 10.0 Å². The van der Waals surface area contributed by atoms with Gasteiger partial charge in [-0.15, -0.1) is 0 Å². The van der Waals surface area contributed by atoms with Crippen molar-refractivity contribution in [2.24, 2.45) is 0 Å². The van der Waals surface area contributed by atoms with Gasteiger partial charge in [0.15, 0.2) is 0 Å². The molecule has 6 heteroatoms. The summed E-state index contributed by atoms with van der Waals surface area (Å²) >= 11 is 0. The molecule has 0 saturated heterocycles. The predicted octanol–water partition coefficient (Wildman–Crippen LogP) is 1.10. The van der Waals surface area contributed by atoms with E-state index in [9.17, 15) is 12.8 Å². The van der Waals surface area contributed by atoms with Crippen molar-refractivity contribution >= 4 is 10.0 Å². The molecule has 0 aliphatic heterocycles. The molecule has 1 atom stereocenters. The first kappa shape index (κ1) is 14.1. The van der Waals surface area contributed by atoms with E-state index < -0.39 is 15.8 Å². The zero-order chi connectivity index (χ0) is 12.9. The summed E-state index contributed by atoms with van der Waals surface area (Å²) in [6, 6.07) is 4.80. The van der Waals surface area contributed by atoms with Gasteiger partial charge in [0.05, 0.1) is 4.90 Å². The third-order valence-corrected chi connectivity index (χ3v) is 3.70. The van der Waals surface area contributed by atoms with Crippen LogP contribution in [0.1, 0.15) is 13.8 Å². The number of hydrogen-bond donors (Lipinski definition) is 2. The zero-order valence-electron chi connectivity index (χ0n) is 9.90. The fraction of sp³-hybridized carbons (Fsp3) is 0.455. The van der Waals surface area contributed by atoms with Crippen molar-refractivity contribution in [1.82, 2.24) is 10.0 Å². The molecule has 0 saturated carbocycles. The number of benzene rings is 1. The Morgan fingerprint density at radius 3 is 2.41 bits per heavy atom. The van der Waals surface area contributed by atoms with Crippen LogP contribution in [0.25, 0.3) is 0 Å². The lowest BCUT2D eigenvalue weighted by molar-refractivity contribution is 0.536. The summed E-state index contributed by atoms with van der Waals surface area (Å²) in [5.74, 6) is -0.454. The second-order valence-corrected chi connectivity index (χ2v) is 5.53. The van der Waals surface area contributed by atoms with Crippen LogP contribution in [0.3, 0.4) is 0 Å². The molecule has 0 aliphatic rings. The number of nitrogens with one attached hydrogen (secondary N) is 2. The average Bonchev–Trinajstić information content (AvgIpc) is 2.28. The van der Waals surface area contributed by atoms with E-state index in [1.807, 2.05) is 13.8 Å². The third-order valence-electron chi connectivity index (χ3n) is 2.26. The van der Waals surface area contributed by atoms with Crippen molar-refractivity contribution in [3.05, 3.63) is 30.1 Å². The highest BCUT2D eigenvalue weighted by molar-refractivity contribution is 7.89. The van der Waals surface area contributed by atoms with E-state index >= 15 is 0 Å². The Morgan fingerprint density at radius 1 is 1.29 bits per heavy atom. The van der Waals surface area contributed by atoms with Crippen molar-refractivity contribution < 1.29 is 12.8 Å². The highest BCUT2D eigenvalue weighted by Crippen LogP contribution is 2.09. The first-order valence-corrected chi connectivity index (χ1v) is 6.92. The molecule has 1 aromatic rings. The van der Waals surface area contributed by atoms with E-state index in [1.165, 1.54) is 12.1 Å². The SMILES string of the molecule is CCN[C@H](C)CNS(=O)(=O)c1ccc(F)cc1. The smallest absolute Gasteiger partial charge is 0.240 e. The van der Waals surface area contributed by atoms with Crippen LogP contribution in [0.5, 0.6) is 0 Å². The lowest BCUT2D eigenvalue weighted by Gasteiger charge is -2.13. The van der Waals surface area contributed by atoms with E-state index in [4.69, 9.17) is 0 Å². The van der Waals surface area contributed by atoms with Crippen LogP contribution in [0.2, 0.25) is 0 Å². The monoisotopic (exact) mass is 260 g/mol. The van der Waals surface area contributed by atoms with Gasteiger partial charge in [-0.3, -0.25) is 0 Å². The molecule has 0 radical (unpaired) electrons. The molecular weight excluding hydrogens is 243 g/mol. The normalized spacial score (nSPS) is 13.6. The van der Waals surface area contributed by atoms with Gasteiger partial charge in [-0.25, -0.2) is 17.5 Å². The molecule has 0 heterocycles. The van der Waals surface area contributed by atoms with Crippen LogP contribution in [-0.2, 0) is 10.0 Å². The molecular formula is C11H17FN2O2S. The Morgan fingerprint density at radius 2 is 1.88 bits per heavy atom. The van der Waals surface area contributed by atoms with Crippen molar-refractivity contribution in [2.45, 2.75) is 24.8 Å². The molecule has 1 rings (SSSR count). The highest BCUT2D eigenvalue weighted by Gasteiger charge is 2.14. The van der Waals surface area contributed by atoms with Crippen LogP contribution in [-0.4, -0.2) is 27.5 Å². The van der Waals surface area contributed by atoms with Gasteiger partial charge in [0.2, 0.25) is 10.0 Å². The number of rotatable bonds is 6. The Kier molecular flexibility index (Phi) is 5.04. The summed E-state index contributed by atoms with van der Waals surface area (Å²) in [4.78, 5) is 0.0719. The van der Waals surface area contributed by atoms with Gasteiger partial charge < -0.3 is 5.32 Å². The molecule has 0 aliphatic carbocycles. The number of hydrogen-bond acceptors (Lipinski definition) is 3. The van der Waals surface area contributed by atoms with Crippen molar-refractivity contribution in [1.29, 1.82) is 0 Å². The topological polar surface area (TPSA) is 58.2 Å². The Hall–Kier alpha value is -0.980. The van der Waals surface area contributed by atoms with E-state index in [1.54, 1.807) is 0 Å². The van der Waals surface area contributed by atoms with Crippen LogP contribution in [0.4, 0.5) is 4.39 Å². The Labute approximate surface area is 101 Å². The van der Waals surface area contributed by atoms with Gasteiger partial charge in [0.1, 0.15) is 5.82 Å². The van der Waals surface area contributed by atoms with Gasteiger partial charge in [-0.05, 0) is 37.7 Å². The van der Waals surface area contributed by atoms with Gasteiger partial charge in [0.25, 0.3) is 0 Å². The van der Waals surface area contributed by atoms with Crippen molar-refractivity contribution in [2.75, 3.05) is 13.1 Å². The molecule has 0 fully saturated rings. The van der Waals surface area contributed by atoms with Crippen molar-refractivity contribution in [3.63, 3.8) is 0 Å². The quantitative estimate of drug-likeness (QED) is 0.805. The summed E-state index contributed by atoms with van der Waals surface area (Å²) in [5, 5.41) is 3.09. The lowest BCUT2D eigenvalue weighted by Crippen LogP contribution is -2.38. The minimum absolute atomic E-state index is 0.0511. The minimum Gasteiger partial charge on any atom is -0.313 e. The lowest BCUT2D eigenvalue weighted by atomic mass is 10.3. The molecule has 1 aromatic carbocycles. The van der Waals surface area contributed by atoms with E-state index in [-0.39, 0.29) is 10.9 Å². The summed E-state index contributed by atoms with van der Waals surface area (Å²) in [5.41, 5.74) is 0. The predicted molar refractivity (Wildman–Crippen MR) is 64.7 cm³/mol. The first-order chi connectivity index (χ1) is 7.95. The number of sulfonamides is 1. The summed E-state index contributed by atoms with van der Waals surface area (Å²) < 4.78 is 38.7. The molecule has 0 spiro atoms. The standard InChI is InChI=1S/C11H17FN2O2S/c1-3-13-9(2)8-14-17(15,16)11-6-4-10(12)5-7-11/h4-7,9,13-14H,3,8H2,1-2H3/t9-/m1/s1. The Bertz CT molecular complexity index is 445. The van der Waals surface area contributed by atoms with Crippen LogP contribution >= 0.6 is 0 Å². The first-order valence-electron chi connectivity index (χ1n) is 5.44. The second kappa shape index (κ2) is 6.09. The fourth-order valence-electron chi connectivity index (χ4n) is 1.35. The van der Waals surface area contributed by atoms with Crippen molar-refractivity contribution in [3.8, 4) is 0 Å². The molecule has 4 nitrogen and oxygen atoms in total. The minimum atomic E-state index is -3.55. The summed E-state index contributed by atoms with van der Waals surface area (Å²) in [6.07, 6.45) is 0. The largest absolute Gasteiger partial charge is 0.313 e. The Balaban J connectivity index is 2.66. The van der Waals surface area contributed by atoms with Gasteiger partial charge in [-0.1, -0.05) is 6.92 Å². The summed E-state index contributed by atoms with van der Waals surface area (Å²) in [6.45, 7) is 4.91. The van der Waals surface area contributed by atoms with Crippen LogP contribution in [0.15, 0.2) is 29.2 Å². The van der Waals surface area contributed by atoms with E-state index in [2.05, 4.69) is 10.0 Å². The second-order valence-electron chi connectivity index (χ2n) is 3.76. The highest BCUT2D eigenvalue weighted by atomic mass is 32.2.